The van der Waals surface area contributed by atoms with Gasteiger partial charge in [0.25, 0.3) is 0 Å². The maximum Gasteiger partial charge on any atom is 0.230 e. The first kappa shape index (κ1) is 17.5. The van der Waals surface area contributed by atoms with Crippen LogP contribution in [0.3, 0.4) is 0 Å². The fraction of sp³-hybridized carbons (Fsp3) is 0.412. The molecule has 6 heteroatoms. The smallest absolute Gasteiger partial charge is 0.230 e. The van der Waals surface area contributed by atoms with E-state index in [0.29, 0.717) is 5.82 Å². The summed E-state index contributed by atoms with van der Waals surface area (Å²) < 4.78 is 1.75. The number of hydrogen-bond acceptors (Lipinski definition) is 3. The number of nitrogens with zero attached hydrogens (tertiary/aromatic N) is 2. The second kappa shape index (κ2) is 7.15. The van der Waals surface area contributed by atoms with Gasteiger partial charge in [-0.3, -0.25) is 4.79 Å². The lowest BCUT2D eigenvalue weighted by molar-refractivity contribution is -0.122. The fourth-order valence-corrected chi connectivity index (χ4v) is 3.12. The maximum absolute atomic E-state index is 12.5. The minimum atomic E-state index is -0.426. The standard InChI is InChI=1S/C17H22N4O.ClH/c1-17(18)11-6-5-9-14(17)16(22)19-15-10-12-21(20-15)13-7-3-2-4-8-13;/h2-4,7-8,10,12,14H,5-6,9,11,18H2,1H3,(H,19,20,22);1H. The van der Waals surface area contributed by atoms with Gasteiger partial charge in [0.05, 0.1) is 11.6 Å². The summed E-state index contributed by atoms with van der Waals surface area (Å²) in [6.07, 6.45) is 5.73. The highest BCUT2D eigenvalue weighted by atomic mass is 35.5. The molecular formula is C17H23ClN4O. The van der Waals surface area contributed by atoms with Crippen LogP contribution in [0.4, 0.5) is 5.82 Å². The highest BCUT2D eigenvalue weighted by Gasteiger charge is 2.37. The first-order chi connectivity index (χ1) is 10.6. The summed E-state index contributed by atoms with van der Waals surface area (Å²) in [5, 5.41) is 7.31. The number of carbonyl (C=O) groups is 1. The molecule has 1 heterocycles. The lowest BCUT2D eigenvalue weighted by atomic mass is 9.74. The summed E-state index contributed by atoms with van der Waals surface area (Å²) in [5.41, 5.74) is 6.82. The Labute approximate surface area is 142 Å². The number of rotatable bonds is 3. The van der Waals surface area contributed by atoms with Crippen LogP contribution in [0.25, 0.3) is 5.69 Å². The second-order valence-corrected chi connectivity index (χ2v) is 6.27. The predicted octanol–water partition coefficient (Wildman–Crippen LogP) is 3.14. The Bertz CT molecular complexity index is 654. The van der Waals surface area contributed by atoms with Gasteiger partial charge < -0.3 is 11.1 Å². The van der Waals surface area contributed by atoms with E-state index in [1.54, 1.807) is 4.68 Å². The number of benzene rings is 1. The number of halogens is 1. The van der Waals surface area contributed by atoms with Crippen molar-refractivity contribution in [2.24, 2.45) is 11.7 Å². The van der Waals surface area contributed by atoms with Crippen molar-refractivity contribution in [3.63, 3.8) is 0 Å². The van der Waals surface area contributed by atoms with Crippen LogP contribution in [0.1, 0.15) is 32.6 Å². The van der Waals surface area contributed by atoms with Gasteiger partial charge in [-0.25, -0.2) is 4.68 Å². The summed E-state index contributed by atoms with van der Waals surface area (Å²) in [6, 6.07) is 11.6. The van der Waals surface area contributed by atoms with E-state index in [2.05, 4.69) is 10.4 Å². The number of para-hydroxylation sites is 1. The van der Waals surface area contributed by atoms with Gasteiger partial charge >= 0.3 is 0 Å². The normalized spacial score (nSPS) is 23.8. The number of amides is 1. The molecule has 1 saturated carbocycles. The van der Waals surface area contributed by atoms with Crippen molar-refractivity contribution >= 4 is 24.1 Å². The van der Waals surface area contributed by atoms with Gasteiger partial charge in [0.2, 0.25) is 5.91 Å². The van der Waals surface area contributed by atoms with Crippen LogP contribution in [-0.4, -0.2) is 21.2 Å². The molecule has 2 atom stereocenters. The Hall–Kier alpha value is -1.85. The van der Waals surface area contributed by atoms with Crippen molar-refractivity contribution in [3.8, 4) is 5.69 Å². The molecule has 0 saturated heterocycles. The van der Waals surface area contributed by atoms with Crippen LogP contribution in [0, 0.1) is 5.92 Å². The van der Waals surface area contributed by atoms with Gasteiger partial charge in [-0.15, -0.1) is 12.4 Å². The molecule has 1 aliphatic carbocycles. The largest absolute Gasteiger partial charge is 0.325 e. The summed E-state index contributed by atoms with van der Waals surface area (Å²) in [4.78, 5) is 12.5. The summed E-state index contributed by atoms with van der Waals surface area (Å²) in [5.74, 6) is 0.390. The molecule has 3 rings (SSSR count). The quantitative estimate of drug-likeness (QED) is 0.905. The highest BCUT2D eigenvalue weighted by molar-refractivity contribution is 5.92. The average Bonchev–Trinajstić information content (AvgIpc) is 2.96. The Balaban J connectivity index is 0.00000192. The van der Waals surface area contributed by atoms with Crippen LogP contribution in [0.5, 0.6) is 0 Å². The Kier molecular flexibility index (Phi) is 5.44. The molecule has 1 aromatic heterocycles. The Morgan fingerprint density at radius 1 is 1.30 bits per heavy atom. The van der Waals surface area contributed by atoms with Gasteiger partial charge in [0.1, 0.15) is 0 Å². The van der Waals surface area contributed by atoms with Crippen LogP contribution in [0.2, 0.25) is 0 Å². The number of aromatic nitrogens is 2. The number of anilines is 1. The SMILES string of the molecule is CC1(N)CCCCC1C(=O)Nc1ccn(-c2ccccc2)n1.Cl. The zero-order valence-electron chi connectivity index (χ0n) is 13.2. The van der Waals surface area contributed by atoms with Gasteiger partial charge in [-0.05, 0) is 31.9 Å². The summed E-state index contributed by atoms with van der Waals surface area (Å²) >= 11 is 0. The van der Waals surface area contributed by atoms with Crippen molar-refractivity contribution < 1.29 is 4.79 Å². The van der Waals surface area contributed by atoms with Crippen LogP contribution in [0.15, 0.2) is 42.6 Å². The van der Waals surface area contributed by atoms with Crippen molar-refractivity contribution in [2.75, 3.05) is 5.32 Å². The van der Waals surface area contributed by atoms with Crippen molar-refractivity contribution in [2.45, 2.75) is 38.1 Å². The van der Waals surface area contributed by atoms with Gasteiger partial charge in [-0.1, -0.05) is 31.0 Å². The number of carbonyl (C=O) groups excluding carboxylic acids is 1. The third-order valence-corrected chi connectivity index (χ3v) is 4.43. The van der Waals surface area contributed by atoms with Crippen LogP contribution >= 0.6 is 12.4 Å². The molecular weight excluding hydrogens is 312 g/mol. The molecule has 1 aliphatic rings. The van der Waals surface area contributed by atoms with E-state index in [1.807, 2.05) is 49.5 Å². The zero-order chi connectivity index (χ0) is 15.6. The molecule has 0 radical (unpaired) electrons. The van der Waals surface area contributed by atoms with E-state index in [0.717, 1.165) is 31.4 Å². The third kappa shape index (κ3) is 3.92. The topological polar surface area (TPSA) is 72.9 Å². The second-order valence-electron chi connectivity index (χ2n) is 6.27. The molecule has 124 valence electrons. The maximum atomic E-state index is 12.5. The minimum Gasteiger partial charge on any atom is -0.325 e. The molecule has 23 heavy (non-hydrogen) atoms. The molecule has 1 amide bonds. The minimum absolute atomic E-state index is 0. The van der Waals surface area contributed by atoms with Crippen molar-refractivity contribution in [1.82, 2.24) is 9.78 Å². The van der Waals surface area contributed by atoms with E-state index < -0.39 is 5.54 Å². The zero-order valence-corrected chi connectivity index (χ0v) is 14.1. The Morgan fingerprint density at radius 2 is 2.04 bits per heavy atom. The molecule has 2 aromatic rings. The third-order valence-electron chi connectivity index (χ3n) is 4.43. The van der Waals surface area contributed by atoms with E-state index in [4.69, 9.17) is 5.73 Å². The molecule has 1 fully saturated rings. The van der Waals surface area contributed by atoms with Crippen LogP contribution < -0.4 is 11.1 Å². The van der Waals surface area contributed by atoms with Crippen molar-refractivity contribution in [3.05, 3.63) is 42.6 Å². The summed E-state index contributed by atoms with van der Waals surface area (Å²) in [6.45, 7) is 1.97. The fourth-order valence-electron chi connectivity index (χ4n) is 3.12. The molecule has 0 spiro atoms. The van der Waals surface area contributed by atoms with Gasteiger partial charge in [0.15, 0.2) is 5.82 Å². The lowest BCUT2D eigenvalue weighted by Crippen LogP contribution is -2.51. The monoisotopic (exact) mass is 334 g/mol. The lowest BCUT2D eigenvalue weighted by Gasteiger charge is -2.37. The number of nitrogens with one attached hydrogen (secondary N) is 1. The number of hydrogen-bond donors (Lipinski definition) is 2. The van der Waals surface area contributed by atoms with Crippen molar-refractivity contribution in [1.29, 1.82) is 0 Å². The molecule has 3 N–H and O–H groups in total. The van der Waals surface area contributed by atoms with E-state index >= 15 is 0 Å². The van der Waals surface area contributed by atoms with Crippen LogP contribution in [-0.2, 0) is 4.79 Å². The van der Waals surface area contributed by atoms with E-state index in [9.17, 15) is 4.79 Å². The predicted molar refractivity (Wildman–Crippen MR) is 94.0 cm³/mol. The van der Waals surface area contributed by atoms with Gasteiger partial charge in [-0.2, -0.15) is 5.10 Å². The molecule has 5 nitrogen and oxygen atoms in total. The highest BCUT2D eigenvalue weighted by Crippen LogP contribution is 2.32. The van der Waals surface area contributed by atoms with Gasteiger partial charge in [0, 0.05) is 17.8 Å². The average molecular weight is 335 g/mol. The number of nitrogens with two attached hydrogens (primary N) is 1. The Morgan fingerprint density at radius 3 is 2.74 bits per heavy atom. The molecule has 1 aromatic carbocycles. The van der Waals surface area contributed by atoms with E-state index in [1.165, 1.54) is 0 Å². The molecule has 2 unspecified atom stereocenters. The first-order valence-corrected chi connectivity index (χ1v) is 7.77. The summed E-state index contributed by atoms with van der Waals surface area (Å²) in [7, 11) is 0. The van der Waals surface area contributed by atoms with E-state index in [-0.39, 0.29) is 24.2 Å². The molecule has 0 bridgehead atoms. The molecule has 0 aliphatic heterocycles. The first-order valence-electron chi connectivity index (χ1n) is 7.77.